The topological polar surface area (TPSA) is 45.7 Å². The summed E-state index contributed by atoms with van der Waals surface area (Å²) in [4.78, 5) is 22.3. The van der Waals surface area contributed by atoms with E-state index in [1.807, 2.05) is 41.4 Å². The van der Waals surface area contributed by atoms with Gasteiger partial charge in [0.25, 0.3) is 0 Å². The van der Waals surface area contributed by atoms with Gasteiger partial charge in [0.1, 0.15) is 5.82 Å². The number of rotatable bonds is 3. The molecular weight excluding hydrogens is 406 g/mol. The number of ether oxygens (including phenoxy) is 1. The monoisotopic (exact) mass is 429 g/mol. The summed E-state index contributed by atoms with van der Waals surface area (Å²) in [5, 5.41) is 0. The third-order valence-corrected chi connectivity index (χ3v) is 6.22. The Morgan fingerprint density at radius 2 is 1.70 bits per heavy atom. The zero-order chi connectivity index (χ0) is 18.7. The summed E-state index contributed by atoms with van der Waals surface area (Å²) in [6.07, 6.45) is 3.30. The van der Waals surface area contributed by atoms with Gasteiger partial charge in [-0.15, -0.1) is 0 Å². The number of piperazine rings is 1. The highest BCUT2D eigenvalue weighted by molar-refractivity contribution is 9.10. The standard InChI is InChI=1S/C21H24BrN3O2/c22-18-6-4-17(5-7-18)21(8-15-27-16-9-21)20(26)25-13-11-24(12-14-25)19-3-1-2-10-23-19/h1-7,10H,8-9,11-16H2. The fourth-order valence-corrected chi connectivity index (χ4v) is 4.36. The summed E-state index contributed by atoms with van der Waals surface area (Å²) in [7, 11) is 0. The van der Waals surface area contributed by atoms with Crippen LogP contribution in [0.5, 0.6) is 0 Å². The van der Waals surface area contributed by atoms with Gasteiger partial charge in [-0.05, 0) is 42.7 Å². The third kappa shape index (κ3) is 3.73. The molecule has 0 aliphatic carbocycles. The van der Waals surface area contributed by atoms with Crippen molar-refractivity contribution in [2.45, 2.75) is 18.3 Å². The smallest absolute Gasteiger partial charge is 0.233 e. The fraction of sp³-hybridized carbons (Fsp3) is 0.429. The molecule has 0 spiro atoms. The summed E-state index contributed by atoms with van der Waals surface area (Å²) >= 11 is 3.50. The van der Waals surface area contributed by atoms with E-state index in [4.69, 9.17) is 4.74 Å². The number of anilines is 1. The lowest BCUT2D eigenvalue weighted by molar-refractivity contribution is -0.141. The molecule has 0 atom stereocenters. The molecule has 0 saturated carbocycles. The molecule has 2 aliphatic heterocycles. The maximum absolute atomic E-state index is 13.6. The van der Waals surface area contributed by atoms with Crippen LogP contribution >= 0.6 is 15.9 Å². The first kappa shape index (κ1) is 18.4. The molecule has 1 aromatic heterocycles. The molecule has 2 aliphatic rings. The lowest BCUT2D eigenvalue weighted by Crippen LogP contribution is -2.56. The summed E-state index contributed by atoms with van der Waals surface area (Å²) in [6.45, 7) is 4.36. The summed E-state index contributed by atoms with van der Waals surface area (Å²) in [5.74, 6) is 1.23. The van der Waals surface area contributed by atoms with Crippen LogP contribution in [0.3, 0.4) is 0 Å². The quantitative estimate of drug-likeness (QED) is 0.750. The summed E-state index contributed by atoms with van der Waals surface area (Å²) in [5.41, 5.74) is 0.637. The van der Waals surface area contributed by atoms with Gasteiger partial charge in [0.2, 0.25) is 5.91 Å². The van der Waals surface area contributed by atoms with E-state index in [0.717, 1.165) is 54.9 Å². The molecular formula is C21H24BrN3O2. The van der Waals surface area contributed by atoms with Crippen LogP contribution in [0.25, 0.3) is 0 Å². The number of carbonyl (C=O) groups excluding carboxylic acids is 1. The van der Waals surface area contributed by atoms with Crippen LogP contribution < -0.4 is 4.90 Å². The van der Waals surface area contributed by atoms with Crippen molar-refractivity contribution in [1.82, 2.24) is 9.88 Å². The molecule has 2 saturated heterocycles. The van der Waals surface area contributed by atoms with E-state index < -0.39 is 5.41 Å². The Bertz CT molecular complexity index is 768. The van der Waals surface area contributed by atoms with E-state index in [1.54, 1.807) is 0 Å². The van der Waals surface area contributed by atoms with Crippen LogP contribution in [0.15, 0.2) is 53.1 Å². The minimum atomic E-state index is -0.466. The predicted octanol–water partition coefficient (Wildman–Crippen LogP) is 3.24. The highest BCUT2D eigenvalue weighted by atomic mass is 79.9. The average Bonchev–Trinajstić information content (AvgIpc) is 2.75. The van der Waals surface area contributed by atoms with E-state index in [-0.39, 0.29) is 5.91 Å². The summed E-state index contributed by atoms with van der Waals surface area (Å²) < 4.78 is 6.62. The maximum atomic E-state index is 13.6. The van der Waals surface area contributed by atoms with Gasteiger partial charge in [-0.25, -0.2) is 4.98 Å². The maximum Gasteiger partial charge on any atom is 0.233 e. The molecule has 0 radical (unpaired) electrons. The first-order valence-corrected chi connectivity index (χ1v) is 10.3. The molecule has 0 unspecified atom stereocenters. The van der Waals surface area contributed by atoms with Crippen LogP contribution in [-0.4, -0.2) is 55.2 Å². The number of carbonyl (C=O) groups is 1. The molecule has 0 N–H and O–H groups in total. The van der Waals surface area contributed by atoms with Crippen LogP contribution in [0, 0.1) is 0 Å². The Labute approximate surface area is 168 Å². The molecule has 4 rings (SSSR count). The second kappa shape index (κ2) is 7.98. The average molecular weight is 430 g/mol. The molecule has 27 heavy (non-hydrogen) atoms. The minimum absolute atomic E-state index is 0.244. The van der Waals surface area contributed by atoms with Crippen LogP contribution in [0.2, 0.25) is 0 Å². The molecule has 3 heterocycles. The number of pyridine rings is 1. The van der Waals surface area contributed by atoms with Crippen molar-refractivity contribution in [3.8, 4) is 0 Å². The van der Waals surface area contributed by atoms with E-state index in [0.29, 0.717) is 13.2 Å². The number of benzene rings is 1. The Hall–Kier alpha value is -1.92. The Morgan fingerprint density at radius 3 is 2.33 bits per heavy atom. The number of halogens is 1. The van der Waals surface area contributed by atoms with Crippen molar-refractivity contribution in [2.75, 3.05) is 44.3 Å². The zero-order valence-electron chi connectivity index (χ0n) is 15.3. The van der Waals surface area contributed by atoms with Gasteiger partial charge in [-0.1, -0.05) is 34.1 Å². The van der Waals surface area contributed by atoms with E-state index in [9.17, 15) is 4.79 Å². The van der Waals surface area contributed by atoms with Crippen LogP contribution in [0.1, 0.15) is 18.4 Å². The van der Waals surface area contributed by atoms with Crippen molar-refractivity contribution >= 4 is 27.7 Å². The van der Waals surface area contributed by atoms with Gasteiger partial charge in [-0.2, -0.15) is 0 Å². The molecule has 5 nitrogen and oxygen atoms in total. The van der Waals surface area contributed by atoms with Gasteiger partial charge in [0, 0.05) is 50.1 Å². The second-order valence-corrected chi connectivity index (χ2v) is 8.08. The largest absolute Gasteiger partial charge is 0.381 e. The third-order valence-electron chi connectivity index (χ3n) is 5.69. The van der Waals surface area contributed by atoms with Crippen molar-refractivity contribution < 1.29 is 9.53 Å². The molecule has 0 bridgehead atoms. The lowest BCUT2D eigenvalue weighted by atomic mass is 9.73. The van der Waals surface area contributed by atoms with Crippen molar-refractivity contribution in [3.05, 3.63) is 58.7 Å². The van der Waals surface area contributed by atoms with Crippen molar-refractivity contribution in [1.29, 1.82) is 0 Å². The first-order chi connectivity index (χ1) is 13.2. The molecule has 6 heteroatoms. The highest BCUT2D eigenvalue weighted by Gasteiger charge is 2.44. The predicted molar refractivity (Wildman–Crippen MR) is 109 cm³/mol. The van der Waals surface area contributed by atoms with Crippen molar-refractivity contribution in [3.63, 3.8) is 0 Å². The van der Waals surface area contributed by atoms with Gasteiger partial charge in [0.15, 0.2) is 0 Å². The number of amides is 1. The molecule has 142 valence electrons. The fourth-order valence-electron chi connectivity index (χ4n) is 4.10. The van der Waals surface area contributed by atoms with Crippen molar-refractivity contribution in [2.24, 2.45) is 0 Å². The molecule has 1 amide bonds. The van der Waals surface area contributed by atoms with E-state index in [1.165, 1.54) is 0 Å². The van der Waals surface area contributed by atoms with Gasteiger partial charge in [-0.3, -0.25) is 4.79 Å². The molecule has 1 aromatic carbocycles. The number of aromatic nitrogens is 1. The normalized spacial score (nSPS) is 19.7. The molecule has 2 aromatic rings. The van der Waals surface area contributed by atoms with Crippen LogP contribution in [0.4, 0.5) is 5.82 Å². The first-order valence-electron chi connectivity index (χ1n) is 9.48. The number of hydrogen-bond donors (Lipinski definition) is 0. The van der Waals surface area contributed by atoms with Crippen LogP contribution in [-0.2, 0) is 14.9 Å². The zero-order valence-corrected chi connectivity index (χ0v) is 16.9. The van der Waals surface area contributed by atoms with Gasteiger partial charge >= 0.3 is 0 Å². The Morgan fingerprint density at radius 1 is 1.00 bits per heavy atom. The Balaban J connectivity index is 1.52. The Kier molecular flexibility index (Phi) is 5.45. The van der Waals surface area contributed by atoms with Gasteiger partial charge < -0.3 is 14.5 Å². The van der Waals surface area contributed by atoms with Gasteiger partial charge in [0.05, 0.1) is 5.41 Å². The molecule has 2 fully saturated rings. The lowest BCUT2D eigenvalue weighted by Gasteiger charge is -2.43. The SMILES string of the molecule is O=C(N1CCN(c2ccccn2)CC1)C1(c2ccc(Br)cc2)CCOCC1. The van der Waals surface area contributed by atoms with E-state index >= 15 is 0 Å². The highest BCUT2D eigenvalue weighted by Crippen LogP contribution is 2.37. The van der Waals surface area contributed by atoms with E-state index in [2.05, 4.69) is 37.9 Å². The second-order valence-electron chi connectivity index (χ2n) is 7.17. The minimum Gasteiger partial charge on any atom is -0.381 e. The number of hydrogen-bond acceptors (Lipinski definition) is 4. The number of nitrogens with zero attached hydrogens (tertiary/aromatic N) is 3. The summed E-state index contributed by atoms with van der Waals surface area (Å²) in [6, 6.07) is 14.2.